The number of hydrogen-bond donors (Lipinski definition) is 2. The SMILES string of the molecule is CCN(CC)CCNC(C)(C(=O)O)c1ccc(F)c(Cl)c1. The van der Waals surface area contributed by atoms with E-state index < -0.39 is 17.3 Å². The summed E-state index contributed by atoms with van der Waals surface area (Å²) in [6.07, 6.45) is 0. The topological polar surface area (TPSA) is 52.6 Å². The molecule has 4 nitrogen and oxygen atoms in total. The van der Waals surface area contributed by atoms with Crippen LogP contribution >= 0.6 is 11.6 Å². The number of carboxylic acids is 1. The first-order chi connectivity index (χ1) is 9.85. The van der Waals surface area contributed by atoms with Crippen LogP contribution in [0.15, 0.2) is 18.2 Å². The standard InChI is InChI=1S/C15H22ClFN2O2/c1-4-19(5-2)9-8-18-15(3,14(20)21)11-6-7-13(17)12(16)10-11/h6-7,10,18H,4-5,8-9H2,1-3H3,(H,20,21). The molecule has 0 radical (unpaired) electrons. The summed E-state index contributed by atoms with van der Waals surface area (Å²) in [7, 11) is 0. The van der Waals surface area contributed by atoms with Crippen molar-refractivity contribution in [3.8, 4) is 0 Å². The summed E-state index contributed by atoms with van der Waals surface area (Å²) in [4.78, 5) is 13.8. The largest absolute Gasteiger partial charge is 0.480 e. The van der Waals surface area contributed by atoms with Crippen molar-refractivity contribution in [3.63, 3.8) is 0 Å². The highest BCUT2D eigenvalue weighted by Gasteiger charge is 2.35. The van der Waals surface area contributed by atoms with Gasteiger partial charge in [-0.2, -0.15) is 0 Å². The molecule has 0 amide bonds. The first-order valence-corrected chi connectivity index (χ1v) is 7.39. The molecule has 0 heterocycles. The first-order valence-electron chi connectivity index (χ1n) is 7.01. The summed E-state index contributed by atoms with van der Waals surface area (Å²) in [6.45, 7) is 8.74. The van der Waals surface area contributed by atoms with Gasteiger partial charge in [-0.15, -0.1) is 0 Å². The van der Waals surface area contributed by atoms with Gasteiger partial charge in [0.15, 0.2) is 0 Å². The molecule has 0 saturated carbocycles. The lowest BCUT2D eigenvalue weighted by atomic mass is 9.92. The monoisotopic (exact) mass is 316 g/mol. The number of benzene rings is 1. The van der Waals surface area contributed by atoms with Crippen LogP contribution in [0.25, 0.3) is 0 Å². The quantitative estimate of drug-likeness (QED) is 0.774. The van der Waals surface area contributed by atoms with Crippen LogP contribution in [0.2, 0.25) is 5.02 Å². The molecule has 1 aromatic rings. The first kappa shape index (κ1) is 17.9. The Kier molecular flexibility index (Phi) is 6.58. The van der Waals surface area contributed by atoms with E-state index >= 15 is 0 Å². The Morgan fingerprint density at radius 2 is 2.05 bits per heavy atom. The van der Waals surface area contributed by atoms with Crippen molar-refractivity contribution in [2.45, 2.75) is 26.3 Å². The van der Waals surface area contributed by atoms with E-state index in [-0.39, 0.29) is 5.02 Å². The van der Waals surface area contributed by atoms with Crippen molar-refractivity contribution < 1.29 is 14.3 Å². The summed E-state index contributed by atoms with van der Waals surface area (Å²) in [5, 5.41) is 12.5. The van der Waals surface area contributed by atoms with E-state index in [2.05, 4.69) is 24.1 Å². The van der Waals surface area contributed by atoms with Crippen LogP contribution < -0.4 is 5.32 Å². The highest BCUT2D eigenvalue weighted by Crippen LogP contribution is 2.25. The maximum absolute atomic E-state index is 13.2. The van der Waals surface area contributed by atoms with Crippen molar-refractivity contribution in [3.05, 3.63) is 34.6 Å². The second-order valence-corrected chi connectivity index (χ2v) is 5.42. The van der Waals surface area contributed by atoms with Crippen molar-refractivity contribution in [1.82, 2.24) is 10.2 Å². The molecule has 6 heteroatoms. The van der Waals surface area contributed by atoms with Crippen molar-refractivity contribution >= 4 is 17.6 Å². The Morgan fingerprint density at radius 3 is 2.52 bits per heavy atom. The molecule has 1 atom stereocenters. The van der Waals surface area contributed by atoms with E-state index in [1.165, 1.54) is 18.2 Å². The number of carboxylic acid groups (broad SMARTS) is 1. The number of nitrogens with one attached hydrogen (secondary N) is 1. The van der Waals surface area contributed by atoms with Crippen LogP contribution in [0, 0.1) is 5.82 Å². The molecule has 0 aromatic heterocycles. The van der Waals surface area contributed by atoms with Gasteiger partial charge in [0, 0.05) is 13.1 Å². The molecule has 1 rings (SSSR count). The van der Waals surface area contributed by atoms with Crippen LogP contribution in [-0.4, -0.2) is 42.2 Å². The summed E-state index contributed by atoms with van der Waals surface area (Å²) in [6, 6.07) is 3.99. The molecule has 0 aliphatic heterocycles. The lowest BCUT2D eigenvalue weighted by Crippen LogP contribution is -2.49. The van der Waals surface area contributed by atoms with Crippen LogP contribution in [-0.2, 0) is 10.3 Å². The van der Waals surface area contributed by atoms with E-state index in [9.17, 15) is 14.3 Å². The zero-order valence-corrected chi connectivity index (χ0v) is 13.4. The van der Waals surface area contributed by atoms with Gasteiger partial charge in [-0.25, -0.2) is 9.18 Å². The van der Waals surface area contributed by atoms with E-state index in [4.69, 9.17) is 11.6 Å². The fourth-order valence-electron chi connectivity index (χ4n) is 2.11. The van der Waals surface area contributed by atoms with Crippen LogP contribution in [0.1, 0.15) is 26.3 Å². The van der Waals surface area contributed by atoms with Gasteiger partial charge in [0.1, 0.15) is 11.4 Å². The minimum atomic E-state index is -1.30. The number of likely N-dealkylation sites (N-methyl/N-ethyl adjacent to an activating group) is 1. The summed E-state index contributed by atoms with van der Waals surface area (Å²) in [5.74, 6) is -1.58. The van der Waals surface area contributed by atoms with Gasteiger partial charge >= 0.3 is 5.97 Å². The molecule has 21 heavy (non-hydrogen) atoms. The predicted octanol–water partition coefficient (Wildman–Crippen LogP) is 2.71. The Bertz CT molecular complexity index is 495. The maximum Gasteiger partial charge on any atom is 0.328 e. The fourth-order valence-corrected chi connectivity index (χ4v) is 2.29. The van der Waals surface area contributed by atoms with Crippen LogP contribution in [0.3, 0.4) is 0 Å². The zero-order valence-electron chi connectivity index (χ0n) is 12.6. The molecular weight excluding hydrogens is 295 g/mol. The molecule has 0 aliphatic carbocycles. The van der Waals surface area contributed by atoms with Gasteiger partial charge < -0.3 is 10.0 Å². The van der Waals surface area contributed by atoms with E-state index in [1.807, 2.05) is 0 Å². The smallest absolute Gasteiger partial charge is 0.328 e. The number of halogens is 2. The molecule has 1 unspecified atom stereocenters. The van der Waals surface area contributed by atoms with E-state index in [1.54, 1.807) is 6.92 Å². The Hall–Kier alpha value is -1.17. The third kappa shape index (κ3) is 4.40. The number of rotatable bonds is 8. The number of aliphatic carboxylic acids is 1. The van der Waals surface area contributed by atoms with Crippen LogP contribution in [0.4, 0.5) is 4.39 Å². The second kappa shape index (κ2) is 7.73. The lowest BCUT2D eigenvalue weighted by Gasteiger charge is -2.28. The number of carbonyl (C=O) groups is 1. The number of hydrogen-bond acceptors (Lipinski definition) is 3. The fraction of sp³-hybridized carbons (Fsp3) is 0.533. The van der Waals surface area contributed by atoms with Gasteiger partial charge in [0.25, 0.3) is 0 Å². The second-order valence-electron chi connectivity index (χ2n) is 5.01. The Labute approximate surface area is 129 Å². The summed E-state index contributed by atoms with van der Waals surface area (Å²) >= 11 is 5.75. The normalized spacial score (nSPS) is 14.2. The van der Waals surface area contributed by atoms with Gasteiger partial charge in [-0.05, 0) is 37.7 Å². The van der Waals surface area contributed by atoms with Gasteiger partial charge in [0.05, 0.1) is 5.02 Å². The number of nitrogens with zero attached hydrogens (tertiary/aromatic N) is 1. The molecule has 2 N–H and O–H groups in total. The van der Waals surface area contributed by atoms with Gasteiger partial charge in [-0.1, -0.05) is 31.5 Å². The molecular formula is C15H22ClFN2O2. The average Bonchev–Trinajstić information content (AvgIpc) is 2.46. The Balaban J connectivity index is 2.87. The molecule has 0 spiro atoms. The summed E-state index contributed by atoms with van der Waals surface area (Å²) < 4.78 is 13.2. The predicted molar refractivity (Wildman–Crippen MR) is 82.2 cm³/mol. The molecule has 0 saturated heterocycles. The minimum Gasteiger partial charge on any atom is -0.480 e. The van der Waals surface area contributed by atoms with Crippen molar-refractivity contribution in [2.75, 3.05) is 26.2 Å². The maximum atomic E-state index is 13.2. The van der Waals surface area contributed by atoms with Gasteiger partial charge in [-0.3, -0.25) is 5.32 Å². The van der Waals surface area contributed by atoms with E-state index in [0.29, 0.717) is 12.1 Å². The highest BCUT2D eigenvalue weighted by molar-refractivity contribution is 6.30. The minimum absolute atomic E-state index is 0.0782. The molecule has 0 bridgehead atoms. The molecule has 118 valence electrons. The third-order valence-corrected chi connectivity index (χ3v) is 4.02. The van der Waals surface area contributed by atoms with Gasteiger partial charge in [0.2, 0.25) is 0 Å². The Morgan fingerprint density at radius 1 is 1.43 bits per heavy atom. The van der Waals surface area contributed by atoms with Crippen molar-refractivity contribution in [2.24, 2.45) is 0 Å². The third-order valence-electron chi connectivity index (χ3n) is 3.73. The molecule has 1 aromatic carbocycles. The highest BCUT2D eigenvalue weighted by atomic mass is 35.5. The van der Waals surface area contributed by atoms with Crippen molar-refractivity contribution in [1.29, 1.82) is 0 Å². The summed E-state index contributed by atoms with van der Waals surface area (Å²) in [5.41, 5.74) is -0.870. The average molecular weight is 317 g/mol. The van der Waals surface area contributed by atoms with Crippen LogP contribution in [0.5, 0.6) is 0 Å². The molecule has 0 aliphatic rings. The van der Waals surface area contributed by atoms with E-state index in [0.717, 1.165) is 19.6 Å². The zero-order chi connectivity index (χ0) is 16.0. The molecule has 0 fully saturated rings. The lowest BCUT2D eigenvalue weighted by molar-refractivity contribution is -0.144.